The number of nitrogens with zero attached hydrogens (tertiary/aromatic N) is 3. The minimum atomic E-state index is -0.363. The second kappa shape index (κ2) is 10.1. The molecule has 1 saturated heterocycles. The fraction of sp³-hybridized carbons (Fsp3) is 0.474. The molecule has 8 nitrogen and oxygen atoms in total. The highest BCUT2D eigenvalue weighted by molar-refractivity contribution is 7.15. The van der Waals surface area contributed by atoms with E-state index in [9.17, 15) is 9.59 Å². The van der Waals surface area contributed by atoms with Crippen molar-refractivity contribution < 1.29 is 19.1 Å². The molecule has 150 valence electrons. The summed E-state index contributed by atoms with van der Waals surface area (Å²) in [6.07, 6.45) is 4.37. The minimum absolute atomic E-state index is 0.0505. The van der Waals surface area contributed by atoms with Gasteiger partial charge in [-0.05, 0) is 25.0 Å². The molecule has 0 unspecified atom stereocenters. The van der Waals surface area contributed by atoms with Gasteiger partial charge in [-0.15, -0.1) is 10.2 Å². The maximum Gasteiger partial charge on any atom is 0.261 e. The van der Waals surface area contributed by atoms with E-state index in [-0.39, 0.29) is 18.4 Å². The number of methoxy groups -OCH3 is 1. The van der Waals surface area contributed by atoms with Gasteiger partial charge in [0.2, 0.25) is 5.13 Å². The number of nitrogens with one attached hydrogen (secondary N) is 1. The van der Waals surface area contributed by atoms with Gasteiger partial charge in [0, 0.05) is 20.2 Å². The van der Waals surface area contributed by atoms with Crippen LogP contribution in [0, 0.1) is 0 Å². The van der Waals surface area contributed by atoms with Crippen LogP contribution in [0.2, 0.25) is 0 Å². The summed E-state index contributed by atoms with van der Waals surface area (Å²) < 4.78 is 10.7. The minimum Gasteiger partial charge on any atom is -0.483 e. The largest absolute Gasteiger partial charge is 0.483 e. The number of carbonyl (C=O) groups is 2. The van der Waals surface area contributed by atoms with Crippen LogP contribution >= 0.6 is 11.3 Å². The highest BCUT2D eigenvalue weighted by Gasteiger charge is 2.19. The molecule has 28 heavy (non-hydrogen) atoms. The van der Waals surface area contributed by atoms with Crippen molar-refractivity contribution in [3.63, 3.8) is 0 Å². The molecular formula is C19H24N4O4S. The lowest BCUT2D eigenvalue weighted by molar-refractivity contribution is -0.133. The molecule has 0 saturated carbocycles. The van der Waals surface area contributed by atoms with Crippen LogP contribution in [0.3, 0.4) is 0 Å². The number of para-hydroxylation sites is 1. The zero-order chi connectivity index (χ0) is 19.8. The first-order chi connectivity index (χ1) is 13.7. The molecule has 0 radical (unpaired) electrons. The van der Waals surface area contributed by atoms with Crippen molar-refractivity contribution in [2.45, 2.75) is 32.3 Å². The second-order valence-electron chi connectivity index (χ2n) is 6.47. The van der Waals surface area contributed by atoms with Gasteiger partial charge in [-0.2, -0.15) is 0 Å². The lowest BCUT2D eigenvalue weighted by Gasteiger charge is -2.20. The van der Waals surface area contributed by atoms with Crippen molar-refractivity contribution in [2.24, 2.45) is 0 Å². The first kappa shape index (κ1) is 20.2. The van der Waals surface area contributed by atoms with Gasteiger partial charge in [-0.3, -0.25) is 14.9 Å². The molecule has 1 aromatic heterocycles. The van der Waals surface area contributed by atoms with Crippen LogP contribution < -0.4 is 10.1 Å². The van der Waals surface area contributed by atoms with Crippen molar-refractivity contribution >= 4 is 28.3 Å². The van der Waals surface area contributed by atoms with E-state index in [4.69, 9.17) is 9.47 Å². The van der Waals surface area contributed by atoms with Crippen molar-refractivity contribution in [2.75, 3.05) is 32.1 Å². The Hall–Kier alpha value is -2.52. The predicted molar refractivity (Wildman–Crippen MR) is 106 cm³/mol. The third-order valence-electron chi connectivity index (χ3n) is 4.40. The summed E-state index contributed by atoms with van der Waals surface area (Å²) in [6, 6.07) is 6.85. The normalized spacial score (nSPS) is 14.4. The van der Waals surface area contributed by atoms with E-state index in [1.165, 1.54) is 11.3 Å². The third-order valence-corrected chi connectivity index (χ3v) is 5.21. The number of amides is 2. The monoisotopic (exact) mass is 404 g/mol. The average molecular weight is 404 g/mol. The maximum atomic E-state index is 12.6. The van der Waals surface area contributed by atoms with Crippen molar-refractivity contribution in [3.8, 4) is 5.75 Å². The molecule has 9 heteroatoms. The van der Waals surface area contributed by atoms with Crippen molar-refractivity contribution in [1.29, 1.82) is 0 Å². The van der Waals surface area contributed by atoms with Gasteiger partial charge < -0.3 is 14.4 Å². The van der Waals surface area contributed by atoms with E-state index in [2.05, 4.69) is 15.5 Å². The number of hydrogen-bond donors (Lipinski definition) is 1. The molecule has 1 fully saturated rings. The summed E-state index contributed by atoms with van der Waals surface area (Å²) in [7, 11) is 1.57. The molecule has 0 bridgehead atoms. The van der Waals surface area contributed by atoms with Crippen LogP contribution in [0.5, 0.6) is 5.75 Å². The molecule has 2 amide bonds. The molecule has 1 aliphatic rings. The van der Waals surface area contributed by atoms with Gasteiger partial charge in [0.05, 0.1) is 5.56 Å². The third kappa shape index (κ3) is 5.49. The van der Waals surface area contributed by atoms with Crippen LogP contribution in [0.25, 0.3) is 0 Å². The molecule has 2 aromatic rings. The summed E-state index contributed by atoms with van der Waals surface area (Å²) in [5.74, 6) is -0.0480. The molecule has 1 N–H and O–H groups in total. The molecule has 0 atom stereocenters. The summed E-state index contributed by atoms with van der Waals surface area (Å²) >= 11 is 1.24. The Morgan fingerprint density at radius 3 is 2.64 bits per heavy atom. The fourth-order valence-electron chi connectivity index (χ4n) is 2.98. The highest BCUT2D eigenvalue weighted by atomic mass is 32.1. The number of hydrogen-bond acceptors (Lipinski definition) is 7. The molecule has 0 spiro atoms. The molecule has 2 heterocycles. The van der Waals surface area contributed by atoms with Crippen LogP contribution in [0.1, 0.15) is 41.0 Å². The second-order valence-corrected chi connectivity index (χ2v) is 7.53. The van der Waals surface area contributed by atoms with Gasteiger partial charge in [0.1, 0.15) is 17.4 Å². The Labute approximate surface area is 167 Å². The Kier molecular flexibility index (Phi) is 7.32. The number of aromatic nitrogens is 2. The van der Waals surface area contributed by atoms with Gasteiger partial charge in [0.15, 0.2) is 6.61 Å². The van der Waals surface area contributed by atoms with Gasteiger partial charge in [-0.1, -0.05) is 36.3 Å². The quantitative estimate of drug-likeness (QED) is 0.763. The lowest BCUT2D eigenvalue weighted by Crippen LogP contribution is -2.35. The van der Waals surface area contributed by atoms with E-state index < -0.39 is 0 Å². The Balaban J connectivity index is 1.61. The Morgan fingerprint density at radius 2 is 1.89 bits per heavy atom. The SMILES string of the molecule is COCc1nnc(NC(=O)c2ccccc2OCC(=O)N2CCCCCC2)s1. The van der Waals surface area contributed by atoms with Crippen LogP contribution in [0.4, 0.5) is 5.13 Å². The smallest absolute Gasteiger partial charge is 0.261 e. The molecular weight excluding hydrogens is 380 g/mol. The summed E-state index contributed by atoms with van der Waals surface area (Å²) in [6.45, 7) is 1.79. The fourth-order valence-corrected chi connectivity index (χ4v) is 3.69. The summed E-state index contributed by atoms with van der Waals surface area (Å²) in [4.78, 5) is 26.9. The predicted octanol–water partition coefficient (Wildman–Crippen LogP) is 2.72. The maximum absolute atomic E-state index is 12.6. The van der Waals surface area contributed by atoms with Crippen molar-refractivity contribution in [3.05, 3.63) is 34.8 Å². The average Bonchev–Trinajstić information content (AvgIpc) is 2.97. The zero-order valence-electron chi connectivity index (χ0n) is 15.8. The summed E-state index contributed by atoms with van der Waals surface area (Å²) in [5, 5.41) is 11.6. The number of benzene rings is 1. The van der Waals surface area contributed by atoms with Gasteiger partial charge >= 0.3 is 0 Å². The number of carbonyl (C=O) groups excluding carboxylic acids is 2. The van der Waals surface area contributed by atoms with E-state index in [0.29, 0.717) is 28.1 Å². The van der Waals surface area contributed by atoms with Gasteiger partial charge in [-0.25, -0.2) is 0 Å². The molecule has 1 aromatic carbocycles. The molecule has 0 aliphatic carbocycles. The number of likely N-dealkylation sites (tertiary alicyclic amines) is 1. The first-order valence-corrected chi connectivity index (χ1v) is 10.1. The van der Waals surface area contributed by atoms with E-state index in [0.717, 1.165) is 38.8 Å². The van der Waals surface area contributed by atoms with Gasteiger partial charge in [0.25, 0.3) is 11.8 Å². The standard InChI is InChI=1S/C19H24N4O4S/c1-26-12-16-21-22-19(28-16)20-18(25)14-8-4-5-9-15(14)27-13-17(24)23-10-6-2-3-7-11-23/h4-5,8-9H,2-3,6-7,10-13H2,1H3,(H,20,22,25). The zero-order valence-corrected chi connectivity index (χ0v) is 16.7. The summed E-state index contributed by atoms with van der Waals surface area (Å²) in [5.41, 5.74) is 0.342. The number of ether oxygens (including phenoxy) is 2. The highest BCUT2D eigenvalue weighted by Crippen LogP contribution is 2.22. The molecule has 3 rings (SSSR count). The number of rotatable bonds is 7. The van der Waals surface area contributed by atoms with Crippen molar-refractivity contribution in [1.82, 2.24) is 15.1 Å². The number of anilines is 1. The van der Waals surface area contributed by atoms with Crippen LogP contribution in [0.15, 0.2) is 24.3 Å². The van der Waals surface area contributed by atoms with E-state index >= 15 is 0 Å². The first-order valence-electron chi connectivity index (χ1n) is 9.29. The topological polar surface area (TPSA) is 93.7 Å². The van der Waals surface area contributed by atoms with E-state index in [1.54, 1.807) is 31.4 Å². The Morgan fingerprint density at radius 1 is 1.14 bits per heavy atom. The van der Waals surface area contributed by atoms with Crippen LogP contribution in [-0.2, 0) is 16.1 Å². The van der Waals surface area contributed by atoms with Crippen LogP contribution in [-0.4, -0.2) is 53.7 Å². The molecule has 1 aliphatic heterocycles. The van der Waals surface area contributed by atoms with E-state index in [1.807, 2.05) is 4.90 Å². The lowest BCUT2D eigenvalue weighted by atomic mass is 10.2. The Bertz CT molecular complexity index is 803.